The maximum atomic E-state index is 6.48. The summed E-state index contributed by atoms with van der Waals surface area (Å²) in [4.78, 5) is 0. The molecule has 10 heteroatoms. The summed E-state index contributed by atoms with van der Waals surface area (Å²) in [7, 11) is -2.73. The molecule has 9 nitrogen and oxygen atoms in total. The Kier molecular flexibility index (Phi) is 13.9. The molecular formula is C31H46O9Si. The van der Waals surface area contributed by atoms with Gasteiger partial charge < -0.3 is 42.0 Å². The van der Waals surface area contributed by atoms with Crippen molar-refractivity contribution in [2.24, 2.45) is 0 Å². The van der Waals surface area contributed by atoms with E-state index in [1.165, 1.54) is 0 Å². The Morgan fingerprint density at radius 2 is 1.07 bits per heavy atom. The van der Waals surface area contributed by atoms with Crippen LogP contribution in [0.15, 0.2) is 60.8 Å². The Morgan fingerprint density at radius 3 is 1.44 bits per heavy atom. The van der Waals surface area contributed by atoms with Crippen molar-refractivity contribution in [3.8, 4) is 23.0 Å². The third-order valence-corrected chi connectivity index (χ3v) is 8.21. The van der Waals surface area contributed by atoms with Gasteiger partial charge in [0.05, 0.1) is 26.4 Å². The lowest BCUT2D eigenvalue weighted by Crippen LogP contribution is -2.45. The van der Waals surface area contributed by atoms with Crippen LogP contribution < -0.4 is 18.9 Å². The molecule has 3 aliphatic rings. The van der Waals surface area contributed by atoms with Gasteiger partial charge in [-0.05, 0) is 36.5 Å². The molecule has 2 aromatic rings. The molecule has 3 aliphatic heterocycles. The Hall–Kier alpha value is -2.60. The second kappa shape index (κ2) is 17.4. The van der Waals surface area contributed by atoms with Crippen LogP contribution in [0.3, 0.4) is 0 Å². The number of ether oxygens (including phenoxy) is 7. The van der Waals surface area contributed by atoms with Crippen molar-refractivity contribution in [2.75, 3.05) is 52.9 Å². The van der Waals surface area contributed by atoms with Crippen LogP contribution >= 0.6 is 0 Å². The van der Waals surface area contributed by atoms with E-state index < -0.39 is 14.7 Å². The Morgan fingerprint density at radius 1 is 0.707 bits per heavy atom. The van der Waals surface area contributed by atoms with Crippen LogP contribution in [0.25, 0.3) is 0 Å². The summed E-state index contributed by atoms with van der Waals surface area (Å²) in [5, 5.41) is 0. The molecule has 0 aromatic heterocycles. The molecule has 4 unspecified atom stereocenters. The highest BCUT2D eigenvalue weighted by atomic mass is 28.4. The molecule has 2 aromatic carbocycles. The first kappa shape index (κ1) is 32.9. The smallest absolute Gasteiger partial charge is 0.361 e. The Bertz CT molecular complexity index is 963. The second-order valence-corrected chi connectivity index (χ2v) is 12.2. The number of rotatable bonds is 18. The minimum atomic E-state index is -2.73. The number of benzene rings is 2. The van der Waals surface area contributed by atoms with Crippen molar-refractivity contribution in [1.29, 1.82) is 0 Å². The van der Waals surface area contributed by atoms with E-state index in [4.69, 9.17) is 42.0 Å². The molecule has 0 spiro atoms. The molecule has 0 bridgehead atoms. The molecule has 0 aliphatic carbocycles. The Labute approximate surface area is 245 Å². The predicted molar refractivity (Wildman–Crippen MR) is 159 cm³/mol. The zero-order valence-corrected chi connectivity index (χ0v) is 26.0. The largest absolute Gasteiger partial charge is 0.487 e. The lowest BCUT2D eigenvalue weighted by molar-refractivity contribution is 0.0453. The van der Waals surface area contributed by atoms with Gasteiger partial charge in [-0.3, -0.25) is 0 Å². The first-order chi connectivity index (χ1) is 20.1. The minimum Gasteiger partial charge on any atom is -0.487 e. The van der Waals surface area contributed by atoms with Crippen LogP contribution in [0.5, 0.6) is 23.0 Å². The highest BCUT2D eigenvalue weighted by Gasteiger charge is 2.35. The topological polar surface area (TPSA) is 93.0 Å². The zero-order valence-electron chi connectivity index (χ0n) is 25.0. The third-order valence-electron chi connectivity index (χ3n) is 5.93. The lowest BCUT2D eigenvalue weighted by Gasteiger charge is -2.29. The number of hydrogen-bond acceptors (Lipinski definition) is 9. The fourth-order valence-electron chi connectivity index (χ4n) is 3.45. The quantitative estimate of drug-likeness (QED) is 0.168. The minimum absolute atomic E-state index is 0.125. The van der Waals surface area contributed by atoms with E-state index in [1.54, 1.807) is 5.70 Å². The molecule has 3 saturated heterocycles. The van der Waals surface area contributed by atoms with Crippen molar-refractivity contribution in [1.82, 2.24) is 0 Å². The van der Waals surface area contributed by atoms with Crippen LogP contribution in [0.2, 0.25) is 6.55 Å². The van der Waals surface area contributed by atoms with Gasteiger partial charge in [-0.2, -0.15) is 0 Å². The van der Waals surface area contributed by atoms with E-state index in [1.807, 2.05) is 82.8 Å². The number of para-hydroxylation sites is 4. The molecule has 41 heavy (non-hydrogen) atoms. The van der Waals surface area contributed by atoms with Gasteiger partial charge in [-0.15, -0.1) is 6.58 Å². The summed E-state index contributed by atoms with van der Waals surface area (Å²) in [5.41, 5.74) is 1.77. The molecule has 5 rings (SSSR count). The first-order valence-corrected chi connectivity index (χ1v) is 17.0. The molecule has 0 N–H and O–H groups in total. The molecule has 0 radical (unpaired) electrons. The van der Waals surface area contributed by atoms with Gasteiger partial charge in [0.1, 0.15) is 50.8 Å². The van der Waals surface area contributed by atoms with E-state index in [-0.39, 0.29) is 31.5 Å². The summed E-state index contributed by atoms with van der Waals surface area (Å²) >= 11 is 0. The van der Waals surface area contributed by atoms with Crippen LogP contribution in [0.4, 0.5) is 0 Å². The normalized spacial score (nSPS) is 21.8. The lowest BCUT2D eigenvalue weighted by atomic mass is 10.3. The van der Waals surface area contributed by atoms with Gasteiger partial charge in [0.2, 0.25) is 0 Å². The van der Waals surface area contributed by atoms with Gasteiger partial charge in [-0.1, -0.05) is 52.0 Å². The van der Waals surface area contributed by atoms with Crippen molar-refractivity contribution >= 4 is 8.56 Å². The SMILES string of the molecule is C=C[Si](C)(OCC1CO1)OC(COc1ccccc1OCC1CO1)COc1ccccc1OCC1CO1.CC.CC. The van der Waals surface area contributed by atoms with Gasteiger partial charge in [0, 0.05) is 0 Å². The third kappa shape index (κ3) is 12.0. The van der Waals surface area contributed by atoms with Crippen molar-refractivity contribution in [2.45, 2.75) is 58.7 Å². The monoisotopic (exact) mass is 590 g/mol. The fourth-order valence-corrected chi connectivity index (χ4v) is 5.04. The van der Waals surface area contributed by atoms with Gasteiger partial charge in [0.15, 0.2) is 23.0 Å². The van der Waals surface area contributed by atoms with Crippen molar-refractivity contribution < 1.29 is 42.0 Å². The maximum absolute atomic E-state index is 6.48. The standard InChI is InChI=1S/C27H34O9Si.2C2H6/c1-3-37(2,35-19-22-14-30-22)36-23(17-33-26-10-6-4-8-24(26)31-15-20-12-28-20)18-34-27-11-7-5-9-25(27)32-16-21-13-29-21;2*1-2/h3-11,20-23H,1,12-19H2,2H3;2*1-2H3. The summed E-state index contributed by atoms with van der Waals surface area (Å²) in [5.74, 6) is 2.56. The summed E-state index contributed by atoms with van der Waals surface area (Å²) in [6.45, 7) is 18.0. The van der Waals surface area contributed by atoms with E-state index in [0.717, 1.165) is 13.2 Å². The predicted octanol–water partition coefficient (Wildman–Crippen LogP) is 5.35. The maximum Gasteiger partial charge on any atom is 0.361 e. The molecule has 0 amide bonds. The van der Waals surface area contributed by atoms with Crippen LogP contribution in [-0.2, 0) is 23.1 Å². The van der Waals surface area contributed by atoms with E-state index in [0.29, 0.717) is 49.4 Å². The van der Waals surface area contributed by atoms with Crippen LogP contribution in [-0.4, -0.2) is 85.8 Å². The average Bonchev–Trinajstić information content (AvgIpc) is 3.86. The first-order valence-electron chi connectivity index (χ1n) is 14.6. The fraction of sp³-hybridized carbons (Fsp3) is 0.548. The van der Waals surface area contributed by atoms with E-state index >= 15 is 0 Å². The zero-order chi connectivity index (χ0) is 29.5. The number of hydrogen-bond donors (Lipinski definition) is 0. The molecule has 3 heterocycles. The highest BCUT2D eigenvalue weighted by Crippen LogP contribution is 2.30. The summed E-state index contributed by atoms with van der Waals surface area (Å²) in [6, 6.07) is 15.1. The molecule has 228 valence electrons. The number of epoxide rings is 3. The van der Waals surface area contributed by atoms with Gasteiger partial charge in [-0.25, -0.2) is 0 Å². The highest BCUT2D eigenvalue weighted by molar-refractivity contribution is 6.71. The Balaban J connectivity index is 0.00000111. The molecular weight excluding hydrogens is 544 g/mol. The average molecular weight is 591 g/mol. The van der Waals surface area contributed by atoms with Gasteiger partial charge >= 0.3 is 8.56 Å². The van der Waals surface area contributed by atoms with Crippen molar-refractivity contribution in [3.05, 3.63) is 60.8 Å². The summed E-state index contributed by atoms with van der Waals surface area (Å²) < 4.78 is 52.5. The molecule has 3 fully saturated rings. The van der Waals surface area contributed by atoms with Crippen molar-refractivity contribution in [3.63, 3.8) is 0 Å². The van der Waals surface area contributed by atoms with Crippen LogP contribution in [0.1, 0.15) is 27.7 Å². The van der Waals surface area contributed by atoms with E-state index in [9.17, 15) is 0 Å². The second-order valence-electron chi connectivity index (χ2n) is 9.27. The molecule has 0 saturated carbocycles. The van der Waals surface area contributed by atoms with E-state index in [2.05, 4.69) is 6.58 Å². The van der Waals surface area contributed by atoms with Crippen LogP contribution in [0, 0.1) is 0 Å². The summed E-state index contributed by atoms with van der Waals surface area (Å²) in [6.07, 6.45) is -0.0221. The van der Waals surface area contributed by atoms with Gasteiger partial charge in [0.25, 0.3) is 0 Å². The molecule has 4 atom stereocenters.